The van der Waals surface area contributed by atoms with Crippen molar-refractivity contribution in [1.29, 1.82) is 0 Å². The Morgan fingerprint density at radius 3 is 0.925 bits per heavy atom. The van der Waals surface area contributed by atoms with E-state index in [0.717, 1.165) is 38.3 Å². The van der Waals surface area contributed by atoms with E-state index < -0.39 is 0 Å². The minimum absolute atomic E-state index is 0.453. The van der Waals surface area contributed by atoms with E-state index in [1.54, 1.807) is 12.1 Å². The van der Waals surface area contributed by atoms with Crippen molar-refractivity contribution >= 4 is 12.6 Å². The first-order chi connectivity index (χ1) is 19.8. The summed E-state index contributed by atoms with van der Waals surface area (Å²) in [5.74, 6) is 0.968. The minimum atomic E-state index is 0.453. The molecule has 0 heterocycles. The van der Waals surface area contributed by atoms with Crippen LogP contribution in [0, 0.1) is 0 Å². The Labute approximate surface area is 247 Å². The summed E-state index contributed by atoms with van der Waals surface area (Å²) in [5.41, 5.74) is 0.906. The van der Waals surface area contributed by atoms with Gasteiger partial charge in [-0.3, -0.25) is 9.59 Å². The Balaban J connectivity index is 2.16. The van der Waals surface area contributed by atoms with Gasteiger partial charge in [-0.25, -0.2) is 0 Å². The summed E-state index contributed by atoms with van der Waals surface area (Å²) in [6.45, 7) is 5.66. The molecule has 1 rings (SSSR count). The van der Waals surface area contributed by atoms with Crippen molar-refractivity contribution in [3.05, 3.63) is 23.3 Å². The highest BCUT2D eigenvalue weighted by Gasteiger charge is 2.12. The third-order valence-electron chi connectivity index (χ3n) is 7.91. The van der Waals surface area contributed by atoms with Crippen LogP contribution in [0.1, 0.15) is 189 Å². The fraction of sp³-hybridized carbons (Fsp3) is 0.778. The summed E-state index contributed by atoms with van der Waals surface area (Å²) < 4.78 is 11.8. The molecule has 0 amide bonds. The number of aldehydes is 2. The molecule has 0 aliphatic rings. The van der Waals surface area contributed by atoms with E-state index in [1.807, 2.05) is 0 Å². The zero-order valence-electron chi connectivity index (χ0n) is 26.3. The van der Waals surface area contributed by atoms with E-state index in [2.05, 4.69) is 13.8 Å². The second kappa shape index (κ2) is 27.3. The molecule has 230 valence electrons. The largest absolute Gasteiger partial charge is 0.493 e. The van der Waals surface area contributed by atoms with Crippen molar-refractivity contribution in [3.8, 4) is 11.5 Å². The first-order valence-electron chi connectivity index (χ1n) is 17.1. The first kappa shape index (κ1) is 36.2. The molecule has 1 aromatic carbocycles. The molecule has 1 aromatic rings. The summed E-state index contributed by atoms with van der Waals surface area (Å²) in [4.78, 5) is 23.4. The quantitative estimate of drug-likeness (QED) is 0.0696. The van der Waals surface area contributed by atoms with Crippen molar-refractivity contribution < 1.29 is 19.1 Å². The normalized spacial score (nSPS) is 11.1. The lowest BCUT2D eigenvalue weighted by Gasteiger charge is -2.13. The van der Waals surface area contributed by atoms with Crippen LogP contribution in [0.4, 0.5) is 0 Å². The molecule has 0 bridgehead atoms. The average Bonchev–Trinajstić information content (AvgIpc) is 2.97. The van der Waals surface area contributed by atoms with E-state index in [4.69, 9.17) is 9.47 Å². The summed E-state index contributed by atoms with van der Waals surface area (Å²) in [6.07, 6.45) is 32.7. The predicted octanol–water partition coefficient (Wildman–Crippen LogP) is 11.5. The van der Waals surface area contributed by atoms with E-state index in [0.29, 0.717) is 35.8 Å². The molecule has 4 nitrogen and oxygen atoms in total. The Morgan fingerprint density at radius 1 is 0.425 bits per heavy atom. The van der Waals surface area contributed by atoms with Gasteiger partial charge in [0.15, 0.2) is 12.6 Å². The molecule has 0 saturated carbocycles. The summed E-state index contributed by atoms with van der Waals surface area (Å²) in [5, 5.41) is 0. The van der Waals surface area contributed by atoms with Crippen LogP contribution in [-0.2, 0) is 0 Å². The molecule has 40 heavy (non-hydrogen) atoms. The molecule has 0 unspecified atom stereocenters. The number of hydrogen-bond donors (Lipinski definition) is 0. The molecule has 0 fully saturated rings. The third-order valence-corrected chi connectivity index (χ3v) is 7.91. The van der Waals surface area contributed by atoms with E-state index in [1.165, 1.54) is 128 Å². The number of rotatable bonds is 30. The number of carbonyl (C=O) groups excluding carboxylic acids is 2. The smallest absolute Gasteiger partial charge is 0.153 e. The Bertz CT molecular complexity index is 668. The maximum absolute atomic E-state index is 11.7. The van der Waals surface area contributed by atoms with E-state index >= 15 is 0 Å². The molecular formula is C36H62O4. The monoisotopic (exact) mass is 558 g/mol. The second-order valence-electron chi connectivity index (χ2n) is 11.6. The van der Waals surface area contributed by atoms with Crippen LogP contribution in [0.25, 0.3) is 0 Å². The Morgan fingerprint density at radius 2 is 0.675 bits per heavy atom. The molecule has 0 aliphatic heterocycles. The Kier molecular flexibility index (Phi) is 24.7. The molecule has 0 spiro atoms. The minimum Gasteiger partial charge on any atom is -0.493 e. The second-order valence-corrected chi connectivity index (χ2v) is 11.6. The first-order valence-corrected chi connectivity index (χ1v) is 17.1. The zero-order valence-corrected chi connectivity index (χ0v) is 26.3. The fourth-order valence-corrected chi connectivity index (χ4v) is 5.28. The molecule has 0 saturated heterocycles. The van der Waals surface area contributed by atoms with Gasteiger partial charge in [0.05, 0.1) is 24.3 Å². The molecule has 0 aliphatic carbocycles. The van der Waals surface area contributed by atoms with Gasteiger partial charge in [-0.2, -0.15) is 0 Å². The molecular weight excluding hydrogens is 496 g/mol. The van der Waals surface area contributed by atoms with Gasteiger partial charge in [-0.05, 0) is 25.0 Å². The van der Waals surface area contributed by atoms with Crippen molar-refractivity contribution in [2.45, 2.75) is 168 Å². The lowest BCUT2D eigenvalue weighted by Crippen LogP contribution is -2.04. The fourth-order valence-electron chi connectivity index (χ4n) is 5.28. The van der Waals surface area contributed by atoms with Crippen LogP contribution in [0.5, 0.6) is 11.5 Å². The predicted molar refractivity (Wildman–Crippen MR) is 170 cm³/mol. The van der Waals surface area contributed by atoms with Crippen molar-refractivity contribution in [3.63, 3.8) is 0 Å². The van der Waals surface area contributed by atoms with Gasteiger partial charge < -0.3 is 9.47 Å². The van der Waals surface area contributed by atoms with Gasteiger partial charge in [0, 0.05) is 0 Å². The number of hydrogen-bond acceptors (Lipinski definition) is 4. The topological polar surface area (TPSA) is 52.6 Å². The van der Waals surface area contributed by atoms with Gasteiger partial charge >= 0.3 is 0 Å². The van der Waals surface area contributed by atoms with Crippen LogP contribution >= 0.6 is 0 Å². The molecule has 0 atom stereocenters. The highest BCUT2D eigenvalue weighted by atomic mass is 16.5. The van der Waals surface area contributed by atoms with E-state index in [9.17, 15) is 9.59 Å². The van der Waals surface area contributed by atoms with Gasteiger partial charge in [0.25, 0.3) is 0 Å². The highest BCUT2D eigenvalue weighted by Crippen LogP contribution is 2.28. The number of benzene rings is 1. The third kappa shape index (κ3) is 19.3. The van der Waals surface area contributed by atoms with Crippen LogP contribution in [0.3, 0.4) is 0 Å². The Hall–Kier alpha value is -1.84. The number of carbonyl (C=O) groups is 2. The molecule has 0 N–H and O–H groups in total. The van der Waals surface area contributed by atoms with Crippen LogP contribution in [0.2, 0.25) is 0 Å². The van der Waals surface area contributed by atoms with Crippen LogP contribution < -0.4 is 9.47 Å². The SMILES string of the molecule is CCCCCCCCCCCCCCOc1cc(C=O)c(OCCCCCCCCCCCCCC)cc1C=O. The maximum Gasteiger partial charge on any atom is 0.153 e. The van der Waals surface area contributed by atoms with E-state index in [-0.39, 0.29) is 0 Å². The van der Waals surface area contributed by atoms with Gasteiger partial charge in [-0.1, -0.05) is 155 Å². The number of ether oxygens (including phenoxy) is 2. The van der Waals surface area contributed by atoms with Crippen LogP contribution in [0.15, 0.2) is 12.1 Å². The van der Waals surface area contributed by atoms with Crippen LogP contribution in [-0.4, -0.2) is 25.8 Å². The average molecular weight is 559 g/mol. The highest BCUT2D eigenvalue weighted by molar-refractivity contribution is 5.87. The zero-order chi connectivity index (χ0) is 28.9. The van der Waals surface area contributed by atoms with Crippen molar-refractivity contribution in [2.75, 3.05) is 13.2 Å². The van der Waals surface area contributed by atoms with Gasteiger partial charge in [-0.15, -0.1) is 0 Å². The van der Waals surface area contributed by atoms with Crippen molar-refractivity contribution in [1.82, 2.24) is 0 Å². The molecule has 4 heteroatoms. The molecule has 0 radical (unpaired) electrons. The lowest BCUT2D eigenvalue weighted by atomic mass is 10.1. The summed E-state index contributed by atoms with van der Waals surface area (Å²) in [7, 11) is 0. The molecule has 0 aromatic heterocycles. The summed E-state index contributed by atoms with van der Waals surface area (Å²) in [6, 6.07) is 3.32. The summed E-state index contributed by atoms with van der Waals surface area (Å²) >= 11 is 0. The standard InChI is InChI=1S/C36H62O4/c1-3-5-7-9-11-13-15-17-19-21-23-25-27-39-35-29-34(32-38)36(30-33(35)31-37)40-28-26-24-22-20-18-16-14-12-10-8-6-4-2/h29-32H,3-28H2,1-2H3. The lowest BCUT2D eigenvalue weighted by molar-refractivity contribution is 0.110. The van der Waals surface area contributed by atoms with Gasteiger partial charge in [0.2, 0.25) is 0 Å². The number of unbranched alkanes of at least 4 members (excludes halogenated alkanes) is 22. The van der Waals surface area contributed by atoms with Gasteiger partial charge in [0.1, 0.15) is 11.5 Å². The van der Waals surface area contributed by atoms with Crippen molar-refractivity contribution in [2.24, 2.45) is 0 Å². The maximum atomic E-state index is 11.7.